The third-order valence-corrected chi connectivity index (χ3v) is 10.5. The summed E-state index contributed by atoms with van der Waals surface area (Å²) in [5.41, 5.74) is 5.41. The highest BCUT2D eigenvalue weighted by atomic mass is 16.5. The highest BCUT2D eigenvalue weighted by Gasteiger charge is 2.62. The highest BCUT2D eigenvalue weighted by molar-refractivity contribution is 6.05. The second-order valence-corrected chi connectivity index (χ2v) is 12.5. The van der Waals surface area contributed by atoms with E-state index in [-0.39, 0.29) is 23.0 Å². The molecule has 0 aromatic heterocycles. The molecule has 0 radical (unpaired) electrons. The van der Waals surface area contributed by atoms with Gasteiger partial charge in [-0.15, -0.1) is 5.92 Å². The molecule has 0 heterocycles. The van der Waals surface area contributed by atoms with Crippen molar-refractivity contribution >= 4 is 17.4 Å². The molecular weight excluding hydrogens is 510 g/mol. The number of ketones is 1. The molecular formula is C36H39NO4. The van der Waals surface area contributed by atoms with Gasteiger partial charge >= 0.3 is 0 Å². The first kappa shape index (κ1) is 27.5. The van der Waals surface area contributed by atoms with Gasteiger partial charge in [0.05, 0.1) is 7.11 Å². The molecule has 0 bridgehead atoms. The summed E-state index contributed by atoms with van der Waals surface area (Å²) in [6.45, 7) is 4.08. The lowest BCUT2D eigenvalue weighted by Gasteiger charge is -2.53. The van der Waals surface area contributed by atoms with Gasteiger partial charge in [-0.2, -0.15) is 0 Å². The van der Waals surface area contributed by atoms with Gasteiger partial charge in [0.2, 0.25) is 0 Å². The van der Waals surface area contributed by atoms with Crippen molar-refractivity contribution in [3.05, 3.63) is 82.5 Å². The summed E-state index contributed by atoms with van der Waals surface area (Å²) >= 11 is 0. The van der Waals surface area contributed by atoms with E-state index in [1.54, 1.807) is 43.3 Å². The van der Waals surface area contributed by atoms with Crippen LogP contribution in [0.3, 0.4) is 0 Å². The molecule has 2 aromatic carbocycles. The summed E-state index contributed by atoms with van der Waals surface area (Å²) in [4.78, 5) is 27.2. The molecule has 2 saturated carbocycles. The van der Waals surface area contributed by atoms with Crippen molar-refractivity contribution in [2.45, 2.75) is 70.3 Å². The Labute approximate surface area is 243 Å². The van der Waals surface area contributed by atoms with E-state index in [2.05, 4.69) is 30.9 Å². The topological polar surface area (TPSA) is 66.8 Å². The van der Waals surface area contributed by atoms with Crippen molar-refractivity contribution < 1.29 is 19.4 Å². The zero-order valence-electron chi connectivity index (χ0n) is 24.5. The van der Waals surface area contributed by atoms with Crippen LogP contribution in [0, 0.1) is 29.1 Å². The van der Waals surface area contributed by atoms with Crippen molar-refractivity contribution in [2.24, 2.45) is 17.3 Å². The van der Waals surface area contributed by atoms with E-state index in [0.717, 1.165) is 37.8 Å². The average molecular weight is 550 g/mol. The largest absolute Gasteiger partial charge is 0.497 e. The fourth-order valence-corrected chi connectivity index (χ4v) is 8.35. The summed E-state index contributed by atoms with van der Waals surface area (Å²) in [6, 6.07) is 15.5. The van der Waals surface area contributed by atoms with E-state index in [0.29, 0.717) is 36.0 Å². The van der Waals surface area contributed by atoms with Crippen molar-refractivity contribution in [1.29, 1.82) is 0 Å². The molecule has 0 spiro atoms. The van der Waals surface area contributed by atoms with Gasteiger partial charge in [-0.05, 0) is 116 Å². The highest BCUT2D eigenvalue weighted by Crippen LogP contribution is 2.66. The molecule has 4 aliphatic carbocycles. The minimum Gasteiger partial charge on any atom is -0.497 e. The predicted molar refractivity (Wildman–Crippen MR) is 161 cm³/mol. The third kappa shape index (κ3) is 4.44. The van der Waals surface area contributed by atoms with Crippen LogP contribution in [-0.4, -0.2) is 36.6 Å². The molecule has 1 amide bonds. The molecule has 41 heavy (non-hydrogen) atoms. The van der Waals surface area contributed by atoms with Crippen LogP contribution in [0.2, 0.25) is 0 Å². The molecule has 212 valence electrons. The Hall–Kier alpha value is -3.62. The molecule has 5 heteroatoms. The number of ether oxygens (including phenoxy) is 1. The second-order valence-electron chi connectivity index (χ2n) is 12.5. The number of methoxy groups -OCH3 is 1. The Balaban J connectivity index is 1.37. The summed E-state index contributed by atoms with van der Waals surface area (Å²) in [5.74, 6) is 8.02. The van der Waals surface area contributed by atoms with Crippen LogP contribution in [-0.2, 0) is 4.79 Å². The Kier molecular flexibility index (Phi) is 6.94. The molecule has 0 aliphatic heterocycles. The summed E-state index contributed by atoms with van der Waals surface area (Å²) in [7, 11) is 3.41. The first-order chi connectivity index (χ1) is 19.7. The van der Waals surface area contributed by atoms with E-state index < -0.39 is 5.60 Å². The first-order valence-corrected chi connectivity index (χ1v) is 14.8. The third-order valence-electron chi connectivity index (χ3n) is 10.5. The number of amides is 1. The maximum atomic E-state index is 13.2. The summed E-state index contributed by atoms with van der Waals surface area (Å²) in [5, 5.41) is 11.9. The van der Waals surface area contributed by atoms with E-state index in [1.807, 2.05) is 25.1 Å². The number of allylic oxidation sites excluding steroid dienone is 4. The quantitative estimate of drug-likeness (QED) is 0.435. The molecule has 2 fully saturated rings. The van der Waals surface area contributed by atoms with E-state index in [1.165, 1.54) is 22.3 Å². The minimum atomic E-state index is -0.996. The van der Waals surface area contributed by atoms with Gasteiger partial charge in [-0.25, -0.2) is 0 Å². The number of carbonyl (C=O) groups is 2. The molecule has 5 nitrogen and oxygen atoms in total. The average Bonchev–Trinajstić information content (AvgIpc) is 3.25. The lowest BCUT2D eigenvalue weighted by Crippen LogP contribution is -2.51. The molecule has 6 rings (SSSR count). The number of anilines is 1. The van der Waals surface area contributed by atoms with E-state index >= 15 is 0 Å². The van der Waals surface area contributed by atoms with Crippen LogP contribution in [0.4, 0.5) is 5.69 Å². The lowest BCUT2D eigenvalue weighted by atomic mass is 9.51. The van der Waals surface area contributed by atoms with Crippen LogP contribution in [0.5, 0.6) is 5.75 Å². The fourth-order valence-electron chi connectivity index (χ4n) is 8.35. The monoisotopic (exact) mass is 549 g/mol. The fraction of sp³-hybridized carbons (Fsp3) is 0.444. The molecule has 2 aromatic rings. The summed E-state index contributed by atoms with van der Waals surface area (Å²) in [6.07, 6.45) is 7.73. The van der Waals surface area contributed by atoms with Crippen molar-refractivity contribution in [3.8, 4) is 17.6 Å². The molecule has 4 aliphatic rings. The van der Waals surface area contributed by atoms with Gasteiger partial charge in [-0.3, -0.25) is 9.59 Å². The molecule has 5 atom stereocenters. The number of carbonyl (C=O) groups excluding carboxylic acids is 2. The smallest absolute Gasteiger partial charge is 0.258 e. The standard InChI is InChI=1S/C36H39NO4/c1-5-19-36(40)20-18-32-30-16-10-25-21-27(38)13-17-29(25)33(30)31(22-35(32,36)2)23-6-11-26(12-7-23)37(3)34(39)24-8-14-28(41-4)15-9-24/h6-9,11-12,14-15,21,30-32,40H,10,13,16-18,20,22H2,1-4H3/t30-,31+,32-,35-,36-/m0/s1. The van der Waals surface area contributed by atoms with Crippen molar-refractivity contribution in [3.63, 3.8) is 0 Å². The number of hydrogen-bond donors (Lipinski definition) is 1. The van der Waals surface area contributed by atoms with Crippen LogP contribution >= 0.6 is 0 Å². The van der Waals surface area contributed by atoms with Gasteiger partial charge in [0.25, 0.3) is 5.91 Å². The normalized spacial score (nSPS) is 30.3. The zero-order valence-corrected chi connectivity index (χ0v) is 24.5. The number of aliphatic hydroxyl groups is 1. The van der Waals surface area contributed by atoms with Gasteiger partial charge in [0.1, 0.15) is 11.4 Å². The van der Waals surface area contributed by atoms with E-state index in [9.17, 15) is 14.7 Å². The Morgan fingerprint density at radius 3 is 2.46 bits per heavy atom. The van der Waals surface area contributed by atoms with E-state index in [4.69, 9.17) is 4.74 Å². The van der Waals surface area contributed by atoms with Crippen LogP contribution < -0.4 is 9.64 Å². The molecule has 1 N–H and O–H groups in total. The van der Waals surface area contributed by atoms with Crippen molar-refractivity contribution in [1.82, 2.24) is 0 Å². The van der Waals surface area contributed by atoms with Crippen LogP contribution in [0.1, 0.15) is 80.6 Å². The second kappa shape index (κ2) is 10.3. The van der Waals surface area contributed by atoms with Gasteiger partial charge < -0.3 is 14.7 Å². The number of hydrogen-bond acceptors (Lipinski definition) is 4. The number of fused-ring (bicyclic) bond motifs is 4. The van der Waals surface area contributed by atoms with Crippen molar-refractivity contribution in [2.75, 3.05) is 19.1 Å². The predicted octanol–water partition coefficient (Wildman–Crippen LogP) is 6.63. The maximum Gasteiger partial charge on any atom is 0.258 e. The number of benzene rings is 2. The molecule has 0 unspecified atom stereocenters. The zero-order chi connectivity index (χ0) is 28.9. The van der Waals surface area contributed by atoms with Crippen LogP contribution in [0.25, 0.3) is 0 Å². The first-order valence-electron chi connectivity index (χ1n) is 14.8. The number of rotatable bonds is 4. The minimum absolute atomic E-state index is 0.0819. The SMILES string of the molecule is CC#C[C@]1(O)CC[C@H]2[C@@H]3CCC4=CC(=O)CCC4=C3[C@@H](c3ccc(N(C)C(=O)c4ccc(OC)cc4)cc3)C[C@@]21C. The van der Waals surface area contributed by atoms with Crippen LogP contribution in [0.15, 0.2) is 71.3 Å². The Morgan fingerprint density at radius 1 is 1.05 bits per heavy atom. The van der Waals surface area contributed by atoms with Gasteiger partial charge in [0.15, 0.2) is 5.78 Å². The Bertz CT molecular complexity index is 1510. The summed E-state index contributed by atoms with van der Waals surface area (Å²) < 4.78 is 5.23. The van der Waals surface area contributed by atoms with Gasteiger partial charge in [0, 0.05) is 36.1 Å². The van der Waals surface area contributed by atoms with Gasteiger partial charge in [-0.1, -0.05) is 30.6 Å². The number of nitrogens with zero attached hydrogens (tertiary/aromatic N) is 1. The Morgan fingerprint density at radius 2 is 1.78 bits per heavy atom. The lowest BCUT2D eigenvalue weighted by molar-refractivity contribution is -0.114. The maximum absolute atomic E-state index is 13.2. The molecule has 0 saturated heterocycles.